The number of carbonyl (C=O) groups is 6. The van der Waals surface area contributed by atoms with Crippen LogP contribution in [0.25, 0.3) is 0 Å². The molecule has 0 aromatic rings. The third kappa shape index (κ3) is 2380. The molecule has 0 atom stereocenters. The maximum absolute atomic E-state index is 8.89. The molecule has 0 aliphatic heterocycles. The van der Waals surface area contributed by atoms with Crippen molar-refractivity contribution in [2.75, 3.05) is 0 Å². The summed E-state index contributed by atoms with van der Waals surface area (Å²) < 4.78 is 0. The van der Waals surface area contributed by atoms with Crippen LogP contribution in [0.2, 0.25) is 0 Å². The summed E-state index contributed by atoms with van der Waals surface area (Å²) in [5.74, 6) is -3.25. The van der Waals surface area contributed by atoms with E-state index in [9.17, 15) is 0 Å². The monoisotopic (exact) mass is 438 g/mol. The van der Waals surface area contributed by atoms with Gasteiger partial charge in [0.25, 0.3) is 0 Å². The van der Waals surface area contributed by atoms with Gasteiger partial charge in [-0.3, -0.25) is 0 Å². The van der Waals surface area contributed by atoms with Crippen LogP contribution in [-0.2, 0) is 14.4 Å². The van der Waals surface area contributed by atoms with E-state index < -0.39 is 36.4 Å². The largest absolute Gasteiger partial charge is 3.00 e. The molecule has 27 heavy (non-hydrogen) atoms. The molecule has 0 aromatic carbocycles. The zero-order valence-electron chi connectivity index (χ0n) is 13.9. The smallest absolute Gasteiger partial charge is 0.652 e. The van der Waals surface area contributed by atoms with Gasteiger partial charge in [0, 0.05) is 17.9 Å². The molecule has 0 aliphatic rings. The second-order valence-corrected chi connectivity index (χ2v) is 2.22. The van der Waals surface area contributed by atoms with E-state index in [0.29, 0.717) is 0 Å². The topological polar surface area (TPSA) is 310 Å². The van der Waals surface area contributed by atoms with Crippen LogP contribution in [0.3, 0.4) is 0 Å². The van der Waals surface area contributed by atoms with Gasteiger partial charge in [0.15, 0.2) is 0 Å². The van der Waals surface area contributed by atoms with Crippen molar-refractivity contribution in [2.24, 2.45) is 0 Å². The maximum atomic E-state index is 8.89. The Morgan fingerprint density at radius 1 is 0.370 bits per heavy atom. The Balaban J connectivity index is -0.0000000201. The van der Waals surface area contributed by atoms with Crippen LogP contribution in [-0.4, -0.2) is 88.5 Å². The van der Waals surface area contributed by atoms with Crippen molar-refractivity contribution in [3.05, 3.63) is 0 Å². The van der Waals surface area contributed by atoms with Crippen LogP contribution in [0.5, 0.6) is 0 Å². The first-order valence-corrected chi connectivity index (χ1v) is 4.56. The normalized spacial score (nSPS) is 5.44. The van der Waals surface area contributed by atoms with Gasteiger partial charge in [0.1, 0.15) is 0 Å². The molecule has 15 nitrogen and oxygen atoms in total. The molecule has 0 saturated heterocycles. The van der Waals surface area contributed by atoms with Crippen molar-refractivity contribution in [3.63, 3.8) is 0 Å². The van der Waals surface area contributed by atoms with E-state index in [-0.39, 0.29) is 52.1 Å². The van der Waals surface area contributed by atoms with Crippen molar-refractivity contribution >= 4 is 88.5 Å². The summed E-state index contributed by atoms with van der Waals surface area (Å²) in [5.41, 5.74) is 0. The molecule has 144 valence electrons. The first kappa shape index (κ1) is 56.3. The predicted octanol–water partition coefficient (Wildman–Crippen LogP) is -12.2. The minimum absolute atomic E-state index is 0. The van der Waals surface area contributed by atoms with E-state index in [2.05, 4.69) is 0 Å². The predicted molar refractivity (Wildman–Crippen MR) is 65.5 cm³/mol. The van der Waals surface area contributed by atoms with Crippen LogP contribution in [0, 0.1) is 0 Å². The summed E-state index contributed by atoms with van der Waals surface area (Å²) in [6.45, 7) is 2.92. The standard InChI is InChI=1S/3C2H4O2.3CH2O3.3Al/c3*1-2(3)4;3*2-1(3)4;;;/h3*1H3,(H,3,4);3*(H2,2,3,4);;;/q;;;;;;3*+3/p-9. The fourth-order valence-corrected chi connectivity index (χ4v) is 0. The van der Waals surface area contributed by atoms with Crippen molar-refractivity contribution in [1.82, 2.24) is 0 Å². The van der Waals surface area contributed by atoms with Gasteiger partial charge in [-0.25, -0.2) is 0 Å². The zero-order chi connectivity index (χ0) is 21.5. The van der Waals surface area contributed by atoms with Crippen molar-refractivity contribution in [2.45, 2.75) is 20.8 Å². The second kappa shape index (κ2) is 49.6. The molecule has 0 spiro atoms. The van der Waals surface area contributed by atoms with E-state index in [0.717, 1.165) is 20.8 Å². The maximum Gasteiger partial charge on any atom is 3.00 e. The molecule has 0 N–H and O–H groups in total. The average Bonchev–Trinajstić information content (AvgIpc) is 2.08. The van der Waals surface area contributed by atoms with Crippen molar-refractivity contribution in [1.29, 1.82) is 0 Å². The Morgan fingerprint density at radius 3 is 0.370 bits per heavy atom. The fourth-order valence-electron chi connectivity index (χ4n) is 0. The first-order chi connectivity index (χ1) is 10.4. The summed E-state index contributed by atoms with van der Waals surface area (Å²) in [5, 5.41) is 76.7. The minimum Gasteiger partial charge on any atom is -0.652 e. The molecule has 0 unspecified atom stereocenters. The van der Waals surface area contributed by atoms with Crippen molar-refractivity contribution in [3.8, 4) is 0 Å². The first-order valence-electron chi connectivity index (χ1n) is 4.56. The zero-order valence-corrected chi connectivity index (χ0v) is 17.3. The summed E-state index contributed by atoms with van der Waals surface area (Å²) in [6, 6.07) is 0. The molecule has 0 aromatic heterocycles. The van der Waals surface area contributed by atoms with Crippen LogP contribution in [0.15, 0.2) is 0 Å². The van der Waals surface area contributed by atoms with Gasteiger partial charge in [0.05, 0.1) is 0 Å². The molecule has 0 rings (SSSR count). The molecular weight excluding hydrogens is 429 g/mol. The number of carboxylic acids is 3. The van der Waals surface area contributed by atoms with Gasteiger partial charge in [0.2, 0.25) is 0 Å². The second-order valence-electron chi connectivity index (χ2n) is 2.22. The Kier molecular flexibility index (Phi) is 103. The van der Waals surface area contributed by atoms with E-state index in [1.165, 1.54) is 0 Å². The number of hydrogen-bond acceptors (Lipinski definition) is 15. The molecule has 0 aliphatic carbocycles. The molecule has 0 heterocycles. The summed E-state index contributed by atoms with van der Waals surface area (Å²) in [7, 11) is 0. The Labute approximate surface area is 183 Å². The third-order valence-corrected chi connectivity index (χ3v) is 0. The van der Waals surface area contributed by atoms with E-state index >= 15 is 0 Å². The summed E-state index contributed by atoms with van der Waals surface area (Å²) in [4.78, 5) is 51.7. The molecule has 0 amide bonds. The summed E-state index contributed by atoms with van der Waals surface area (Å²) in [6.07, 6.45) is -7.00. The van der Waals surface area contributed by atoms with Crippen LogP contribution in [0.4, 0.5) is 14.4 Å². The quantitative estimate of drug-likeness (QED) is 0.317. The van der Waals surface area contributed by atoms with Crippen LogP contribution < -0.4 is 46.0 Å². The van der Waals surface area contributed by atoms with Gasteiger partial charge >= 0.3 is 52.1 Å². The van der Waals surface area contributed by atoms with E-state index in [1.54, 1.807) is 0 Å². The average molecular weight is 438 g/mol. The van der Waals surface area contributed by atoms with Gasteiger partial charge in [-0.2, -0.15) is 0 Å². The summed E-state index contributed by atoms with van der Waals surface area (Å²) >= 11 is 0. The minimum atomic E-state index is -2.33. The number of rotatable bonds is 0. The van der Waals surface area contributed by atoms with Crippen molar-refractivity contribution < 1.29 is 74.7 Å². The van der Waals surface area contributed by atoms with Crippen LogP contribution >= 0.6 is 0 Å². The Morgan fingerprint density at radius 2 is 0.370 bits per heavy atom. The number of aliphatic carboxylic acids is 3. The number of carboxylic acid groups (broad SMARTS) is 9. The molecule has 0 radical (unpaired) electrons. The van der Waals surface area contributed by atoms with Gasteiger partial charge in [-0.15, -0.1) is 0 Å². The van der Waals surface area contributed by atoms with Gasteiger partial charge < -0.3 is 74.7 Å². The third-order valence-electron chi connectivity index (χ3n) is 0. The van der Waals surface area contributed by atoms with E-state index in [1.807, 2.05) is 0 Å². The SMILES string of the molecule is CC(=O)[O-].CC(=O)[O-].CC(=O)[O-].O=C([O-])[O-].O=C([O-])[O-].O=C([O-])[O-].[Al+3].[Al+3].[Al+3]. The molecule has 18 heteroatoms. The molecule has 0 bridgehead atoms. The van der Waals surface area contributed by atoms with Gasteiger partial charge in [-0.05, 0) is 39.2 Å². The van der Waals surface area contributed by atoms with E-state index in [4.69, 9.17) is 74.7 Å². The molecule has 0 fully saturated rings. The Hall–Kier alpha value is -2.18. The van der Waals surface area contributed by atoms with Gasteiger partial charge in [-0.1, -0.05) is 0 Å². The molecular formula is C9H9Al3O15. The number of carbonyl (C=O) groups excluding carboxylic acids is 6. The Bertz CT molecular complexity index is 268. The molecule has 0 saturated carbocycles. The number of hydrogen-bond donors (Lipinski definition) is 0. The van der Waals surface area contributed by atoms with Crippen LogP contribution in [0.1, 0.15) is 20.8 Å². The fraction of sp³-hybridized carbons (Fsp3) is 0.333.